The Morgan fingerprint density at radius 1 is 1.24 bits per heavy atom. The summed E-state index contributed by atoms with van der Waals surface area (Å²) in [4.78, 5) is 45.6. The molecule has 0 spiro atoms. The average molecular weight is 587 g/mol. The Kier molecular flexibility index (Phi) is 8.51. The first-order chi connectivity index (χ1) is 19.7. The number of nitrogens with zero attached hydrogens (tertiary/aromatic N) is 5. The van der Waals surface area contributed by atoms with Crippen molar-refractivity contribution >= 4 is 35.5 Å². The fourth-order valence-corrected chi connectivity index (χ4v) is 8.19. The van der Waals surface area contributed by atoms with Crippen LogP contribution in [0.25, 0.3) is 0 Å². The molecule has 0 radical (unpaired) electrons. The number of carbonyl (C=O) groups is 3. The summed E-state index contributed by atoms with van der Waals surface area (Å²) in [6, 6.07) is 1.78. The number of anilines is 1. The zero-order valence-electron chi connectivity index (χ0n) is 24.0. The van der Waals surface area contributed by atoms with Gasteiger partial charge in [-0.25, -0.2) is 9.59 Å². The summed E-state index contributed by atoms with van der Waals surface area (Å²) < 4.78 is 15.1. The van der Waals surface area contributed by atoms with E-state index in [1.54, 1.807) is 29.7 Å². The van der Waals surface area contributed by atoms with E-state index >= 15 is 0 Å². The van der Waals surface area contributed by atoms with Gasteiger partial charge in [0.1, 0.15) is 18.9 Å². The largest absolute Gasteiger partial charge is 0.457 e. The molecule has 11 nitrogen and oxygen atoms in total. The van der Waals surface area contributed by atoms with Crippen molar-refractivity contribution in [1.82, 2.24) is 14.5 Å². The van der Waals surface area contributed by atoms with Crippen molar-refractivity contribution in [3.8, 4) is 0 Å². The molecule has 2 amide bonds. The van der Waals surface area contributed by atoms with Crippen molar-refractivity contribution in [3.05, 3.63) is 48.2 Å². The van der Waals surface area contributed by atoms with Crippen LogP contribution in [-0.4, -0.2) is 93.8 Å². The zero-order valence-corrected chi connectivity index (χ0v) is 24.8. The first-order valence-corrected chi connectivity index (χ1v) is 15.1. The molecule has 1 aromatic heterocycles. The lowest BCUT2D eigenvalue weighted by Gasteiger charge is -2.46. The minimum Gasteiger partial charge on any atom is -0.457 e. The van der Waals surface area contributed by atoms with E-state index in [1.165, 1.54) is 16.8 Å². The number of likely N-dealkylation sites (tertiary alicyclic amines) is 1. The molecule has 5 heterocycles. The molecule has 6 atom stereocenters. The number of fused-ring (bicyclic) bond motifs is 2. The molecule has 41 heavy (non-hydrogen) atoms. The first-order valence-electron chi connectivity index (χ1n) is 14.2. The van der Waals surface area contributed by atoms with Gasteiger partial charge >= 0.3 is 12.1 Å². The van der Waals surface area contributed by atoms with Gasteiger partial charge in [-0.05, 0) is 19.8 Å². The molecule has 2 saturated heterocycles. The van der Waals surface area contributed by atoms with E-state index in [1.807, 2.05) is 20.2 Å². The molecule has 0 aliphatic carbocycles. The highest BCUT2D eigenvalue weighted by Crippen LogP contribution is 2.52. The van der Waals surface area contributed by atoms with E-state index in [-0.39, 0.29) is 54.2 Å². The lowest BCUT2D eigenvalue weighted by Crippen LogP contribution is -2.63. The van der Waals surface area contributed by atoms with Gasteiger partial charge in [0.25, 0.3) is 0 Å². The second-order valence-electron chi connectivity index (χ2n) is 11.1. The van der Waals surface area contributed by atoms with Gasteiger partial charge in [0.05, 0.1) is 30.7 Å². The highest BCUT2D eigenvalue weighted by molar-refractivity contribution is 8.03. The molecule has 0 saturated carbocycles. The van der Waals surface area contributed by atoms with Gasteiger partial charge < -0.3 is 29.3 Å². The Morgan fingerprint density at radius 3 is 2.68 bits per heavy atom. The van der Waals surface area contributed by atoms with Crippen molar-refractivity contribution in [2.45, 2.75) is 56.7 Å². The van der Waals surface area contributed by atoms with Gasteiger partial charge in [0, 0.05) is 41.7 Å². The number of hydrogen-bond donors (Lipinski definition) is 1. The average Bonchev–Trinajstić information content (AvgIpc) is 3.68. The summed E-state index contributed by atoms with van der Waals surface area (Å²) in [7, 11) is 2.03. The third-order valence-electron chi connectivity index (χ3n) is 8.59. The number of aromatic nitrogens is 2. The summed E-state index contributed by atoms with van der Waals surface area (Å²) in [5, 5.41) is 10.3. The lowest BCUT2D eigenvalue weighted by molar-refractivity contribution is -0.751. The number of β-lactam (4-membered cyclic amide) rings is 1. The third-order valence-corrected chi connectivity index (χ3v) is 10.1. The second kappa shape index (κ2) is 11.9. The monoisotopic (exact) mass is 586 g/mol. The maximum Gasteiger partial charge on any atom is 0.410 e. The quantitative estimate of drug-likeness (QED) is 0.181. The van der Waals surface area contributed by atoms with Crippen LogP contribution in [0.15, 0.2) is 48.2 Å². The number of aliphatic hydroxyl groups is 1. The molecular formula is C29H40N5O6S+. The molecule has 12 heteroatoms. The van der Waals surface area contributed by atoms with Gasteiger partial charge in [-0.1, -0.05) is 32.2 Å². The van der Waals surface area contributed by atoms with Gasteiger partial charge in [-0.2, -0.15) is 0 Å². The number of hydrogen-bond acceptors (Lipinski definition) is 8. The summed E-state index contributed by atoms with van der Waals surface area (Å²) in [6.45, 7) is 14.1. The topological polar surface area (TPSA) is 108 Å². The maximum absolute atomic E-state index is 13.2. The van der Waals surface area contributed by atoms with E-state index in [0.717, 1.165) is 37.4 Å². The molecule has 0 bridgehead atoms. The van der Waals surface area contributed by atoms with Crippen LogP contribution in [0.4, 0.5) is 10.6 Å². The van der Waals surface area contributed by atoms with E-state index in [4.69, 9.17) is 9.47 Å². The van der Waals surface area contributed by atoms with Gasteiger partial charge in [0.15, 0.2) is 19.1 Å². The Labute approximate surface area is 245 Å². The summed E-state index contributed by atoms with van der Waals surface area (Å²) in [6.07, 6.45) is 5.40. The number of carbonyl (C=O) groups excluding carboxylic acids is 3. The molecule has 4 aliphatic heterocycles. The number of thioether (sulfide) groups is 1. The van der Waals surface area contributed by atoms with Crippen molar-refractivity contribution in [2.75, 3.05) is 37.7 Å². The van der Waals surface area contributed by atoms with E-state index in [2.05, 4.69) is 33.5 Å². The second-order valence-corrected chi connectivity index (χ2v) is 12.5. The molecule has 1 aromatic rings. The Balaban J connectivity index is 1.34. The standard InChI is InChI=1S/C29H40N5O6S/c1-6-14-39-28(37)25-26(18(3)24-23(19(4)35)27(36)34(24)25)41-21-16-20(32(17-21)29(38)40-15-7-2)8-11-31-12-13-33-22(31)9-10-30(33)5/h6-7,9-10,18-21,23-24,35H,1-2,8,11-17H2,3-5H3/q+1/t18-,19-,20-,21+,23-,24-/m1/s1. The van der Waals surface area contributed by atoms with Gasteiger partial charge in [-0.3, -0.25) is 4.79 Å². The summed E-state index contributed by atoms with van der Waals surface area (Å²) in [5.74, 6) is -0.372. The SMILES string of the molecule is C=CCOC(=O)C1=C(S[C@H]2C[C@@H](CCN3CCn4c3cc[n+]4C)N(C(=O)OCC=C)C2)[C@H](C)[C@@H]2[C@@H]([C@@H](C)O)C(=O)N12. The fraction of sp³-hybridized carbons (Fsp3) is 0.586. The zero-order chi connectivity index (χ0) is 29.4. The van der Waals surface area contributed by atoms with Crippen molar-refractivity contribution in [2.24, 2.45) is 18.9 Å². The van der Waals surface area contributed by atoms with Gasteiger partial charge in [-0.15, -0.1) is 21.1 Å². The number of esters is 1. The predicted octanol–water partition coefficient (Wildman–Crippen LogP) is 1.82. The van der Waals surface area contributed by atoms with Crippen LogP contribution in [0, 0.1) is 11.8 Å². The van der Waals surface area contributed by atoms with Crippen LogP contribution < -0.4 is 9.58 Å². The Hall–Kier alpha value is -3.25. The molecule has 5 rings (SSSR count). The van der Waals surface area contributed by atoms with E-state index in [0.29, 0.717) is 6.54 Å². The van der Waals surface area contributed by atoms with Crippen LogP contribution in [0.1, 0.15) is 26.7 Å². The van der Waals surface area contributed by atoms with E-state index in [9.17, 15) is 19.5 Å². The Morgan fingerprint density at radius 2 is 1.98 bits per heavy atom. The maximum atomic E-state index is 13.2. The number of aliphatic hydroxyl groups excluding tert-OH is 1. The summed E-state index contributed by atoms with van der Waals surface area (Å²) in [5.41, 5.74) is 0.256. The number of ether oxygens (including phenoxy) is 2. The minimum absolute atomic E-state index is 0.00465. The number of aryl methyl sites for hydroxylation is 1. The molecular weight excluding hydrogens is 546 g/mol. The normalized spacial score (nSPS) is 27.5. The molecule has 0 aromatic carbocycles. The molecule has 2 fully saturated rings. The molecule has 4 aliphatic rings. The van der Waals surface area contributed by atoms with E-state index < -0.39 is 18.0 Å². The molecule has 1 N–H and O–H groups in total. The number of amides is 2. The lowest BCUT2D eigenvalue weighted by atomic mass is 9.79. The first kappa shape index (κ1) is 29.2. The highest BCUT2D eigenvalue weighted by Gasteiger charge is 2.60. The van der Waals surface area contributed by atoms with Crippen LogP contribution in [0.3, 0.4) is 0 Å². The van der Waals surface area contributed by atoms with Crippen molar-refractivity contribution in [3.63, 3.8) is 0 Å². The summed E-state index contributed by atoms with van der Waals surface area (Å²) >= 11 is 1.54. The minimum atomic E-state index is -0.819. The van der Waals surface area contributed by atoms with Crippen LogP contribution in [0.2, 0.25) is 0 Å². The Bertz CT molecular complexity index is 1260. The molecule has 222 valence electrons. The molecule has 0 unspecified atom stereocenters. The van der Waals surface area contributed by atoms with Gasteiger partial charge in [0.2, 0.25) is 5.91 Å². The number of rotatable bonds is 11. The fourth-order valence-electron chi connectivity index (χ4n) is 6.63. The van der Waals surface area contributed by atoms with Crippen LogP contribution in [-0.2, 0) is 32.7 Å². The smallest absolute Gasteiger partial charge is 0.410 e. The van der Waals surface area contributed by atoms with Crippen molar-refractivity contribution < 1.29 is 33.6 Å². The predicted molar refractivity (Wildman–Crippen MR) is 154 cm³/mol. The van der Waals surface area contributed by atoms with Crippen LogP contribution >= 0.6 is 11.8 Å². The highest BCUT2D eigenvalue weighted by atomic mass is 32.2. The van der Waals surface area contributed by atoms with Crippen molar-refractivity contribution in [1.29, 1.82) is 0 Å². The van der Waals surface area contributed by atoms with Crippen LogP contribution in [0.5, 0.6) is 0 Å². The third kappa shape index (κ3) is 5.27.